The number of hydrogen-bond donors (Lipinski definition) is 2. The first-order chi connectivity index (χ1) is 14.1. The van der Waals surface area contributed by atoms with E-state index in [1.54, 1.807) is 31.1 Å². The maximum absolute atomic E-state index is 12.9. The van der Waals surface area contributed by atoms with Gasteiger partial charge in [0.05, 0.1) is 0 Å². The lowest BCUT2D eigenvalue weighted by atomic mass is 9.97. The summed E-state index contributed by atoms with van der Waals surface area (Å²) in [5.41, 5.74) is 2.39. The average Bonchev–Trinajstić information content (AvgIpc) is 2.70. The molecule has 10 heteroatoms. The maximum Gasteiger partial charge on any atom is 0.421 e. The monoisotopic (exact) mass is 439 g/mol. The number of nitrogens with zero attached hydrogens (tertiary/aromatic N) is 4. The summed E-state index contributed by atoms with van der Waals surface area (Å²) < 4.78 is 40.9. The van der Waals surface area contributed by atoms with E-state index in [4.69, 9.17) is 5.73 Å². The van der Waals surface area contributed by atoms with Crippen molar-refractivity contribution in [3.05, 3.63) is 42.2 Å². The number of rotatable bonds is 4. The van der Waals surface area contributed by atoms with E-state index >= 15 is 0 Å². The molecule has 0 saturated carbocycles. The molecule has 30 heavy (non-hydrogen) atoms. The Kier molecular flexibility index (Phi) is 7.95. The van der Waals surface area contributed by atoms with Crippen LogP contribution in [0.25, 0.3) is 0 Å². The van der Waals surface area contributed by atoms with Gasteiger partial charge in [-0.15, -0.1) is 12.3 Å². The van der Waals surface area contributed by atoms with Crippen molar-refractivity contribution in [1.82, 2.24) is 14.3 Å². The topological polar surface area (TPSA) is 78.5 Å². The van der Waals surface area contributed by atoms with E-state index in [0.29, 0.717) is 24.7 Å². The Morgan fingerprint density at radius 1 is 1.10 bits per heavy atom. The summed E-state index contributed by atoms with van der Waals surface area (Å²) in [7, 11) is 0. The molecule has 3 N–H and O–H groups in total. The van der Waals surface area contributed by atoms with Crippen LogP contribution in [-0.4, -0.2) is 51.7 Å². The highest BCUT2D eigenvalue weighted by Crippen LogP contribution is 2.38. The summed E-state index contributed by atoms with van der Waals surface area (Å²) in [6, 6.07) is 6.45. The van der Waals surface area contributed by atoms with Gasteiger partial charge in [0.2, 0.25) is 0 Å². The van der Waals surface area contributed by atoms with Crippen LogP contribution in [-0.2, 0) is 5.60 Å². The number of aliphatic hydroxyl groups is 1. The van der Waals surface area contributed by atoms with Gasteiger partial charge in [-0.3, -0.25) is 0 Å². The van der Waals surface area contributed by atoms with Crippen LogP contribution in [0.15, 0.2) is 41.6 Å². The first-order valence-corrected chi connectivity index (χ1v) is 9.88. The zero-order valence-electron chi connectivity index (χ0n) is 16.7. The molecule has 3 heterocycles. The number of anilines is 2. The van der Waals surface area contributed by atoms with Crippen LogP contribution >= 0.6 is 11.9 Å². The SMILES string of the molecule is C#CC.CC(O)(c1ccc(N2CCN(Sc3ccc(N)nc3)CC2)nc1)C(F)(F)F. The second-order valence-corrected chi connectivity index (χ2v) is 7.86. The second-order valence-electron chi connectivity index (χ2n) is 6.69. The molecule has 0 aromatic carbocycles. The smallest absolute Gasteiger partial charge is 0.384 e. The lowest BCUT2D eigenvalue weighted by molar-refractivity contribution is -0.259. The van der Waals surface area contributed by atoms with Gasteiger partial charge in [0.15, 0.2) is 5.60 Å². The molecule has 2 aromatic rings. The molecule has 3 rings (SSSR count). The molecular weight excluding hydrogens is 415 g/mol. The Bertz CT molecular complexity index is 843. The lowest BCUT2D eigenvalue weighted by Gasteiger charge is -2.34. The van der Waals surface area contributed by atoms with Crippen LogP contribution in [0, 0.1) is 12.3 Å². The van der Waals surface area contributed by atoms with E-state index in [0.717, 1.165) is 31.1 Å². The Morgan fingerprint density at radius 2 is 1.73 bits per heavy atom. The van der Waals surface area contributed by atoms with Crippen LogP contribution in [0.3, 0.4) is 0 Å². The first-order valence-electron chi connectivity index (χ1n) is 9.11. The number of nitrogen functional groups attached to an aromatic ring is 1. The van der Waals surface area contributed by atoms with Crippen LogP contribution in [0.1, 0.15) is 19.4 Å². The Hall–Kier alpha value is -2.48. The normalized spacial score (nSPS) is 16.8. The average molecular weight is 440 g/mol. The molecular formula is C20H24F3N5OS. The van der Waals surface area contributed by atoms with E-state index in [1.807, 2.05) is 11.0 Å². The molecule has 1 aliphatic heterocycles. The number of halogens is 3. The molecule has 2 aromatic heterocycles. The standard InChI is InChI=1S/C17H20F3N5OS.C3H4/c1-16(26,17(18,19)20)12-2-5-15(23-10-12)24-6-8-25(9-7-24)27-13-3-4-14(21)22-11-13;1-3-2/h2-5,10-11,26H,6-9H2,1H3,(H2,21,22);1H,2H3. The van der Waals surface area contributed by atoms with Crippen LogP contribution in [0.5, 0.6) is 0 Å². The predicted octanol–water partition coefficient (Wildman–Crippen LogP) is 3.30. The minimum absolute atomic E-state index is 0.274. The lowest BCUT2D eigenvalue weighted by Crippen LogP contribution is -2.44. The number of nitrogens with two attached hydrogens (primary N) is 1. The van der Waals surface area contributed by atoms with Crippen LogP contribution < -0.4 is 10.6 Å². The highest BCUT2D eigenvalue weighted by Gasteiger charge is 2.51. The molecule has 0 aliphatic carbocycles. The highest BCUT2D eigenvalue weighted by atomic mass is 32.2. The summed E-state index contributed by atoms with van der Waals surface area (Å²) in [6.45, 7) is 5.29. The number of aromatic nitrogens is 2. The minimum atomic E-state index is -4.75. The van der Waals surface area contributed by atoms with Gasteiger partial charge < -0.3 is 15.7 Å². The van der Waals surface area contributed by atoms with Crippen LogP contribution in [0.4, 0.5) is 24.8 Å². The van der Waals surface area contributed by atoms with Crippen molar-refractivity contribution in [3.8, 4) is 12.3 Å². The maximum atomic E-state index is 12.9. The number of alkyl halides is 3. The zero-order valence-corrected chi connectivity index (χ0v) is 17.5. The largest absolute Gasteiger partial charge is 0.421 e. The molecule has 0 amide bonds. The van der Waals surface area contributed by atoms with E-state index in [9.17, 15) is 18.3 Å². The number of terminal acetylenes is 1. The van der Waals surface area contributed by atoms with Crippen molar-refractivity contribution in [2.24, 2.45) is 0 Å². The quantitative estimate of drug-likeness (QED) is 0.559. The van der Waals surface area contributed by atoms with Gasteiger partial charge in [0, 0.05) is 49.0 Å². The molecule has 1 fully saturated rings. The van der Waals surface area contributed by atoms with E-state index in [-0.39, 0.29) is 5.56 Å². The molecule has 1 atom stereocenters. The summed E-state index contributed by atoms with van der Waals surface area (Å²) in [4.78, 5) is 11.2. The molecule has 6 nitrogen and oxygen atoms in total. The van der Waals surface area contributed by atoms with Crippen molar-refractivity contribution in [2.45, 2.75) is 30.5 Å². The van der Waals surface area contributed by atoms with E-state index < -0.39 is 11.8 Å². The zero-order chi connectivity index (χ0) is 22.4. The fraction of sp³-hybridized carbons (Fsp3) is 0.400. The summed E-state index contributed by atoms with van der Waals surface area (Å²) in [6.07, 6.45) is 2.65. The van der Waals surface area contributed by atoms with Gasteiger partial charge in [-0.1, -0.05) is 6.07 Å². The molecule has 162 valence electrons. The Morgan fingerprint density at radius 3 is 2.20 bits per heavy atom. The van der Waals surface area contributed by atoms with Gasteiger partial charge >= 0.3 is 6.18 Å². The molecule has 1 unspecified atom stereocenters. The van der Waals surface area contributed by atoms with Gasteiger partial charge in [-0.05, 0) is 44.0 Å². The van der Waals surface area contributed by atoms with Gasteiger partial charge in [-0.25, -0.2) is 14.3 Å². The number of pyridine rings is 2. The Balaban J connectivity index is 0.00000101. The highest BCUT2D eigenvalue weighted by molar-refractivity contribution is 7.97. The molecule has 1 aliphatic rings. The second kappa shape index (κ2) is 10.0. The third kappa shape index (κ3) is 6.01. The van der Waals surface area contributed by atoms with Gasteiger partial charge in [0.1, 0.15) is 11.6 Å². The fourth-order valence-electron chi connectivity index (χ4n) is 2.63. The van der Waals surface area contributed by atoms with Gasteiger partial charge in [-0.2, -0.15) is 13.2 Å². The molecule has 0 radical (unpaired) electrons. The summed E-state index contributed by atoms with van der Waals surface area (Å²) in [5.74, 6) is 3.32. The summed E-state index contributed by atoms with van der Waals surface area (Å²) in [5, 5.41) is 9.71. The van der Waals surface area contributed by atoms with Crippen molar-refractivity contribution in [1.29, 1.82) is 0 Å². The molecule has 0 bridgehead atoms. The van der Waals surface area contributed by atoms with Crippen molar-refractivity contribution in [3.63, 3.8) is 0 Å². The third-order valence-electron chi connectivity index (χ3n) is 4.42. The van der Waals surface area contributed by atoms with Crippen molar-refractivity contribution < 1.29 is 18.3 Å². The third-order valence-corrected chi connectivity index (χ3v) is 5.49. The minimum Gasteiger partial charge on any atom is -0.384 e. The first kappa shape index (κ1) is 23.8. The van der Waals surface area contributed by atoms with E-state index in [2.05, 4.69) is 26.6 Å². The predicted molar refractivity (Wildman–Crippen MR) is 113 cm³/mol. The Labute approximate surface area is 178 Å². The van der Waals surface area contributed by atoms with Crippen molar-refractivity contribution in [2.75, 3.05) is 36.8 Å². The number of piperazine rings is 1. The van der Waals surface area contributed by atoms with Gasteiger partial charge in [0.25, 0.3) is 0 Å². The van der Waals surface area contributed by atoms with Crippen LogP contribution in [0.2, 0.25) is 0 Å². The van der Waals surface area contributed by atoms with Crippen molar-refractivity contribution >= 4 is 23.6 Å². The molecule has 0 spiro atoms. The fourth-order valence-corrected chi connectivity index (χ4v) is 3.50. The molecule has 1 saturated heterocycles. The summed E-state index contributed by atoms with van der Waals surface area (Å²) >= 11 is 1.59. The number of hydrogen-bond acceptors (Lipinski definition) is 7. The van der Waals surface area contributed by atoms with E-state index in [1.165, 1.54) is 12.1 Å².